The maximum Gasteiger partial charge on any atom is 0.0785 e. The van der Waals surface area contributed by atoms with Crippen LogP contribution in [-0.4, -0.2) is 19.3 Å². The molecular formula is C12H18BrNO2. The second-order valence-corrected chi connectivity index (χ2v) is 4.49. The van der Waals surface area contributed by atoms with Crippen molar-refractivity contribution >= 4 is 21.6 Å². The van der Waals surface area contributed by atoms with E-state index >= 15 is 0 Å². The minimum Gasteiger partial charge on any atom is -0.398 e. The molecule has 0 bridgehead atoms. The lowest BCUT2D eigenvalue weighted by atomic mass is 10.2. The fourth-order valence-corrected chi connectivity index (χ4v) is 1.50. The second-order valence-electron chi connectivity index (χ2n) is 3.64. The topological polar surface area (TPSA) is 44.5 Å². The van der Waals surface area contributed by atoms with E-state index in [0.29, 0.717) is 13.2 Å². The van der Waals surface area contributed by atoms with Gasteiger partial charge in [-0.3, -0.25) is 0 Å². The Morgan fingerprint density at radius 1 is 1.44 bits per heavy atom. The van der Waals surface area contributed by atoms with Gasteiger partial charge in [-0.25, -0.2) is 0 Å². The van der Waals surface area contributed by atoms with Crippen LogP contribution in [0.1, 0.15) is 19.4 Å². The number of halogens is 1. The summed E-state index contributed by atoms with van der Waals surface area (Å²) < 4.78 is 11.8. The van der Waals surface area contributed by atoms with E-state index in [0.717, 1.165) is 22.3 Å². The quantitative estimate of drug-likeness (QED) is 0.818. The van der Waals surface area contributed by atoms with Gasteiger partial charge in [-0.05, 0) is 47.5 Å². The van der Waals surface area contributed by atoms with Gasteiger partial charge in [-0.2, -0.15) is 0 Å². The predicted octanol–water partition coefficient (Wildman–Crippen LogP) is 2.97. The molecule has 16 heavy (non-hydrogen) atoms. The highest BCUT2D eigenvalue weighted by molar-refractivity contribution is 9.10. The van der Waals surface area contributed by atoms with Crippen molar-refractivity contribution in [2.45, 2.75) is 26.6 Å². The summed E-state index contributed by atoms with van der Waals surface area (Å²) in [4.78, 5) is 0. The summed E-state index contributed by atoms with van der Waals surface area (Å²) in [5.41, 5.74) is 7.59. The van der Waals surface area contributed by atoms with E-state index < -0.39 is 0 Å². The van der Waals surface area contributed by atoms with Crippen LogP contribution in [0.25, 0.3) is 0 Å². The van der Waals surface area contributed by atoms with Gasteiger partial charge in [0, 0.05) is 16.8 Å². The molecule has 0 aliphatic heterocycles. The highest BCUT2D eigenvalue weighted by Gasteiger charge is 2.03. The first-order chi connectivity index (χ1) is 7.63. The third kappa shape index (κ3) is 4.51. The van der Waals surface area contributed by atoms with Gasteiger partial charge in [0.05, 0.1) is 19.3 Å². The maximum atomic E-state index is 5.78. The summed E-state index contributed by atoms with van der Waals surface area (Å²) in [6.45, 7) is 5.88. The van der Waals surface area contributed by atoms with E-state index in [1.54, 1.807) is 0 Å². The van der Waals surface area contributed by atoms with Gasteiger partial charge >= 0.3 is 0 Å². The first kappa shape index (κ1) is 13.5. The van der Waals surface area contributed by atoms with E-state index in [4.69, 9.17) is 15.2 Å². The molecule has 0 heterocycles. The van der Waals surface area contributed by atoms with Crippen molar-refractivity contribution in [1.29, 1.82) is 0 Å². The van der Waals surface area contributed by atoms with Crippen molar-refractivity contribution in [3.63, 3.8) is 0 Å². The first-order valence-corrected chi connectivity index (χ1v) is 6.16. The molecule has 2 N–H and O–H groups in total. The number of hydrogen-bond acceptors (Lipinski definition) is 3. The fourth-order valence-electron chi connectivity index (χ4n) is 1.25. The predicted molar refractivity (Wildman–Crippen MR) is 69.3 cm³/mol. The number of anilines is 1. The van der Waals surface area contributed by atoms with Crippen LogP contribution in [-0.2, 0) is 16.1 Å². The van der Waals surface area contributed by atoms with Crippen molar-refractivity contribution in [2.24, 2.45) is 0 Å². The normalized spacial score (nSPS) is 12.7. The lowest BCUT2D eigenvalue weighted by Gasteiger charge is -2.13. The molecule has 90 valence electrons. The standard InChI is InChI=1S/C12H18BrNO2/c1-3-15-7-9(2)16-8-10-4-5-11(13)12(14)6-10/h4-6,9H,3,7-8,14H2,1-2H3. The van der Waals surface area contributed by atoms with Crippen LogP contribution in [0.15, 0.2) is 22.7 Å². The Labute approximate surface area is 105 Å². The Bertz CT molecular complexity index is 331. The maximum absolute atomic E-state index is 5.78. The van der Waals surface area contributed by atoms with E-state index in [1.807, 2.05) is 32.0 Å². The van der Waals surface area contributed by atoms with E-state index in [1.165, 1.54) is 0 Å². The Morgan fingerprint density at radius 2 is 2.19 bits per heavy atom. The molecule has 0 aliphatic carbocycles. The Hall–Kier alpha value is -0.580. The summed E-state index contributed by atoms with van der Waals surface area (Å²) in [5, 5.41) is 0. The van der Waals surface area contributed by atoms with Crippen LogP contribution < -0.4 is 5.73 Å². The number of hydrogen-bond donors (Lipinski definition) is 1. The Morgan fingerprint density at radius 3 is 2.81 bits per heavy atom. The summed E-state index contributed by atoms with van der Waals surface area (Å²) in [5.74, 6) is 0. The summed E-state index contributed by atoms with van der Waals surface area (Å²) in [6.07, 6.45) is 0.102. The molecule has 0 fully saturated rings. The first-order valence-electron chi connectivity index (χ1n) is 5.36. The van der Waals surface area contributed by atoms with E-state index in [9.17, 15) is 0 Å². The number of nitrogens with two attached hydrogens (primary N) is 1. The van der Waals surface area contributed by atoms with E-state index in [2.05, 4.69) is 15.9 Å². The third-order valence-corrected chi connectivity index (χ3v) is 2.87. The third-order valence-electron chi connectivity index (χ3n) is 2.15. The van der Waals surface area contributed by atoms with Crippen LogP contribution >= 0.6 is 15.9 Å². The van der Waals surface area contributed by atoms with Gasteiger partial charge in [-0.15, -0.1) is 0 Å². The lowest BCUT2D eigenvalue weighted by molar-refractivity contribution is -0.0116. The average Bonchev–Trinajstić information content (AvgIpc) is 2.28. The molecule has 1 aromatic carbocycles. The van der Waals surface area contributed by atoms with Crippen molar-refractivity contribution in [3.05, 3.63) is 28.2 Å². The van der Waals surface area contributed by atoms with Gasteiger partial charge < -0.3 is 15.2 Å². The van der Waals surface area contributed by atoms with Gasteiger partial charge in [0.2, 0.25) is 0 Å². The van der Waals surface area contributed by atoms with Crippen molar-refractivity contribution in [3.8, 4) is 0 Å². The molecule has 4 heteroatoms. The van der Waals surface area contributed by atoms with Crippen molar-refractivity contribution in [1.82, 2.24) is 0 Å². The fraction of sp³-hybridized carbons (Fsp3) is 0.500. The summed E-state index contributed by atoms with van der Waals surface area (Å²) in [7, 11) is 0. The molecule has 1 aromatic rings. The van der Waals surface area contributed by atoms with Crippen LogP contribution in [0.5, 0.6) is 0 Å². The van der Waals surface area contributed by atoms with Crippen LogP contribution in [0.3, 0.4) is 0 Å². The van der Waals surface area contributed by atoms with Crippen LogP contribution in [0.2, 0.25) is 0 Å². The Kier molecular flexibility index (Phi) is 5.80. The van der Waals surface area contributed by atoms with Crippen molar-refractivity contribution in [2.75, 3.05) is 18.9 Å². The highest BCUT2D eigenvalue weighted by atomic mass is 79.9. The SMILES string of the molecule is CCOCC(C)OCc1ccc(Br)c(N)c1. The van der Waals surface area contributed by atoms with Gasteiger partial charge in [0.1, 0.15) is 0 Å². The number of rotatable bonds is 6. The highest BCUT2D eigenvalue weighted by Crippen LogP contribution is 2.20. The van der Waals surface area contributed by atoms with Crippen LogP contribution in [0.4, 0.5) is 5.69 Å². The molecule has 3 nitrogen and oxygen atoms in total. The second kappa shape index (κ2) is 6.89. The number of nitrogen functional groups attached to an aromatic ring is 1. The minimum atomic E-state index is 0.102. The number of ether oxygens (including phenoxy) is 2. The molecule has 1 atom stereocenters. The lowest BCUT2D eigenvalue weighted by Crippen LogP contribution is -2.15. The molecule has 0 aliphatic rings. The molecule has 0 spiro atoms. The molecule has 1 unspecified atom stereocenters. The monoisotopic (exact) mass is 287 g/mol. The number of benzene rings is 1. The minimum absolute atomic E-state index is 0.102. The molecule has 0 saturated heterocycles. The molecule has 0 radical (unpaired) electrons. The summed E-state index contributed by atoms with van der Waals surface area (Å²) >= 11 is 3.36. The molecule has 0 amide bonds. The van der Waals surface area contributed by atoms with Gasteiger partial charge in [0.15, 0.2) is 0 Å². The molecule has 0 saturated carbocycles. The molecule has 0 aromatic heterocycles. The molecular weight excluding hydrogens is 270 g/mol. The van der Waals surface area contributed by atoms with Crippen LogP contribution in [0, 0.1) is 0 Å². The average molecular weight is 288 g/mol. The zero-order valence-electron chi connectivity index (χ0n) is 9.70. The van der Waals surface area contributed by atoms with E-state index in [-0.39, 0.29) is 6.10 Å². The van der Waals surface area contributed by atoms with Crippen molar-refractivity contribution < 1.29 is 9.47 Å². The van der Waals surface area contributed by atoms with Gasteiger partial charge in [0.25, 0.3) is 0 Å². The van der Waals surface area contributed by atoms with Gasteiger partial charge in [-0.1, -0.05) is 6.07 Å². The zero-order chi connectivity index (χ0) is 12.0. The summed E-state index contributed by atoms with van der Waals surface area (Å²) in [6, 6.07) is 5.84. The molecule has 1 rings (SSSR count). The largest absolute Gasteiger partial charge is 0.398 e. The Balaban J connectivity index is 2.39. The zero-order valence-corrected chi connectivity index (χ0v) is 11.3. The smallest absolute Gasteiger partial charge is 0.0785 e.